The molecule has 0 spiro atoms. The fourth-order valence-electron chi connectivity index (χ4n) is 0.428. The molecule has 0 fully saturated rings. The second-order valence-corrected chi connectivity index (χ2v) is 1.34. The Balaban J connectivity index is 0. The molecule has 0 atom stereocenters. The van der Waals surface area contributed by atoms with Gasteiger partial charge in [-0.3, -0.25) is 0 Å². The maximum Gasteiger partial charge on any atom is 0.115 e. The molecule has 1 rings (SSSR count). The molecule has 0 saturated heterocycles. The topological polar surface area (TPSA) is 20.2 Å². The van der Waals surface area contributed by atoms with Crippen molar-refractivity contribution >= 4 is 17.1 Å². The zero-order chi connectivity index (χ0) is 5.11. The Labute approximate surface area is 77.7 Å². The molecule has 0 bridgehead atoms. The van der Waals surface area contributed by atoms with E-state index in [1.165, 1.54) is 0 Å². The molecule has 0 aliphatic heterocycles. The molecule has 2 radical (unpaired) electrons. The first kappa shape index (κ1) is 11.9. The van der Waals surface area contributed by atoms with Gasteiger partial charge in [-0.25, -0.2) is 0 Å². The normalized spacial score (nSPS) is 6.67. The molecule has 1 aromatic carbocycles. The first-order chi connectivity index (χ1) is 3.39. The minimum Gasteiger partial charge on any atom is -0.508 e. The first-order valence-corrected chi connectivity index (χ1v) is 2.13. The number of para-hydroxylation sites is 1. The minimum atomic E-state index is 0. The van der Waals surface area contributed by atoms with Gasteiger partial charge in [-0.2, -0.15) is 0 Å². The standard InChI is InChI=1S/C6H6O.Se.Zn/c7-6-4-2-1-3-5-6;;/h1-5,7H;;. The molecule has 1 nitrogen and oxygen atoms in total. The molecule has 0 saturated carbocycles. The molecule has 0 unspecified atom stereocenters. The fourth-order valence-corrected chi connectivity index (χ4v) is 0.428. The average molecular weight is 238 g/mol. The van der Waals surface area contributed by atoms with Crippen LogP contribution in [-0.4, -0.2) is 22.2 Å². The Bertz CT molecular complexity index is 143. The van der Waals surface area contributed by atoms with Gasteiger partial charge in [-0.05, 0) is 12.1 Å². The van der Waals surface area contributed by atoms with Crippen molar-refractivity contribution in [2.45, 2.75) is 0 Å². The van der Waals surface area contributed by atoms with E-state index in [2.05, 4.69) is 0 Å². The van der Waals surface area contributed by atoms with E-state index in [9.17, 15) is 0 Å². The van der Waals surface area contributed by atoms with Crippen molar-refractivity contribution < 1.29 is 24.6 Å². The molecule has 9 heavy (non-hydrogen) atoms. The SMILES string of the molecule is Oc1ccccc1.[Se].[Zn]. The third-order valence-corrected chi connectivity index (χ3v) is 0.756. The second-order valence-electron chi connectivity index (χ2n) is 1.34. The van der Waals surface area contributed by atoms with E-state index < -0.39 is 0 Å². The number of benzene rings is 1. The van der Waals surface area contributed by atoms with Crippen LogP contribution >= 0.6 is 0 Å². The van der Waals surface area contributed by atoms with E-state index in [4.69, 9.17) is 5.11 Å². The molecule has 0 amide bonds. The van der Waals surface area contributed by atoms with Crippen LogP contribution in [0.15, 0.2) is 30.3 Å². The van der Waals surface area contributed by atoms with Crippen molar-refractivity contribution in [1.29, 1.82) is 0 Å². The third kappa shape index (κ3) is 4.65. The van der Waals surface area contributed by atoms with Gasteiger partial charge in [-0.1, -0.05) is 18.2 Å². The van der Waals surface area contributed by atoms with Gasteiger partial charge in [0.2, 0.25) is 0 Å². The number of aromatic hydroxyl groups is 1. The molecule has 1 aromatic rings. The van der Waals surface area contributed by atoms with Gasteiger partial charge in [0.25, 0.3) is 0 Å². The summed E-state index contributed by atoms with van der Waals surface area (Å²) >= 11 is 0. The number of phenolic OH excluding ortho intramolecular Hbond substituents is 1. The van der Waals surface area contributed by atoms with Gasteiger partial charge >= 0.3 is 0 Å². The van der Waals surface area contributed by atoms with E-state index in [1.807, 2.05) is 6.07 Å². The summed E-state index contributed by atoms with van der Waals surface area (Å²) in [4.78, 5) is 0. The van der Waals surface area contributed by atoms with Crippen molar-refractivity contribution in [3.8, 4) is 5.75 Å². The van der Waals surface area contributed by atoms with Crippen molar-refractivity contribution in [2.75, 3.05) is 0 Å². The van der Waals surface area contributed by atoms with Crippen LogP contribution in [0.1, 0.15) is 0 Å². The minimum absolute atomic E-state index is 0. The molecule has 3 heteroatoms. The van der Waals surface area contributed by atoms with E-state index in [1.54, 1.807) is 24.3 Å². The summed E-state index contributed by atoms with van der Waals surface area (Å²) in [5.74, 6) is 0.322. The zero-order valence-electron chi connectivity index (χ0n) is 4.95. The van der Waals surface area contributed by atoms with Crippen LogP contribution in [0.3, 0.4) is 0 Å². The van der Waals surface area contributed by atoms with E-state index in [0.29, 0.717) is 5.75 Å². The molecule has 0 heterocycles. The maximum absolute atomic E-state index is 8.63. The summed E-state index contributed by atoms with van der Waals surface area (Å²) in [5.41, 5.74) is 0. The van der Waals surface area contributed by atoms with Gasteiger partial charge in [0.1, 0.15) is 5.75 Å². The predicted molar refractivity (Wildman–Crippen MR) is 33.9 cm³/mol. The maximum atomic E-state index is 8.63. The Hall–Kier alpha value is 0.163. The number of hydrogen-bond acceptors (Lipinski definition) is 1. The summed E-state index contributed by atoms with van der Waals surface area (Å²) < 4.78 is 0. The van der Waals surface area contributed by atoms with Crippen LogP contribution < -0.4 is 0 Å². The Kier molecular flexibility index (Phi) is 8.31. The zero-order valence-corrected chi connectivity index (χ0v) is 9.63. The van der Waals surface area contributed by atoms with Crippen LogP contribution in [0, 0.1) is 0 Å². The molecule has 44 valence electrons. The van der Waals surface area contributed by atoms with Gasteiger partial charge in [0.15, 0.2) is 0 Å². The van der Waals surface area contributed by atoms with Crippen LogP contribution in [-0.2, 0) is 19.5 Å². The molecule has 0 aliphatic carbocycles. The quantitative estimate of drug-likeness (QED) is 0.669. The molecule has 0 aliphatic rings. The van der Waals surface area contributed by atoms with Crippen molar-refractivity contribution in [1.82, 2.24) is 0 Å². The fraction of sp³-hybridized carbons (Fsp3) is 0. The summed E-state index contributed by atoms with van der Waals surface area (Å²) in [6.45, 7) is 0. The smallest absolute Gasteiger partial charge is 0.115 e. The molecule has 1 N–H and O–H groups in total. The third-order valence-electron chi connectivity index (χ3n) is 0.756. The van der Waals surface area contributed by atoms with Gasteiger partial charge in [-0.15, -0.1) is 0 Å². The van der Waals surface area contributed by atoms with Crippen molar-refractivity contribution in [2.24, 2.45) is 0 Å². The number of phenols is 1. The summed E-state index contributed by atoms with van der Waals surface area (Å²) in [6.07, 6.45) is 0. The van der Waals surface area contributed by atoms with Gasteiger partial charge in [0, 0.05) is 36.5 Å². The van der Waals surface area contributed by atoms with E-state index in [-0.39, 0.29) is 36.5 Å². The van der Waals surface area contributed by atoms with Gasteiger partial charge in [0.05, 0.1) is 0 Å². The summed E-state index contributed by atoms with van der Waals surface area (Å²) in [7, 11) is 0. The Morgan fingerprint density at radius 2 is 1.44 bits per heavy atom. The number of rotatable bonds is 0. The Morgan fingerprint density at radius 1 is 1.00 bits per heavy atom. The van der Waals surface area contributed by atoms with E-state index in [0.717, 1.165) is 0 Å². The van der Waals surface area contributed by atoms with Crippen LogP contribution in [0.5, 0.6) is 5.75 Å². The summed E-state index contributed by atoms with van der Waals surface area (Å²) in [5, 5.41) is 8.63. The summed E-state index contributed by atoms with van der Waals surface area (Å²) in [6, 6.07) is 8.71. The molecular weight excluding hydrogens is 232 g/mol. The second kappa shape index (κ2) is 6.29. The van der Waals surface area contributed by atoms with Crippen LogP contribution in [0.2, 0.25) is 0 Å². The van der Waals surface area contributed by atoms with Crippen LogP contribution in [0.4, 0.5) is 0 Å². The molecular formula is C6H6OSeZn. The monoisotopic (exact) mass is 238 g/mol. The van der Waals surface area contributed by atoms with Crippen LogP contribution in [0.25, 0.3) is 0 Å². The predicted octanol–water partition coefficient (Wildman–Crippen LogP) is 1.01. The Morgan fingerprint density at radius 3 is 1.67 bits per heavy atom. The van der Waals surface area contributed by atoms with Gasteiger partial charge < -0.3 is 5.11 Å². The average Bonchev–Trinajstić information content (AvgIpc) is 1.69. The first-order valence-electron chi connectivity index (χ1n) is 2.13. The number of hydrogen-bond donors (Lipinski definition) is 1. The van der Waals surface area contributed by atoms with E-state index >= 15 is 0 Å². The largest absolute Gasteiger partial charge is 0.508 e. The van der Waals surface area contributed by atoms with Crippen molar-refractivity contribution in [3.05, 3.63) is 30.3 Å². The van der Waals surface area contributed by atoms with Crippen molar-refractivity contribution in [3.63, 3.8) is 0 Å². The molecule has 0 aromatic heterocycles.